The van der Waals surface area contributed by atoms with Crippen LogP contribution in [0.25, 0.3) is 0 Å². The predicted molar refractivity (Wildman–Crippen MR) is 86.3 cm³/mol. The molecule has 3 heteroatoms. The monoisotopic (exact) mass is 292 g/mol. The van der Waals surface area contributed by atoms with Gasteiger partial charge in [0.05, 0.1) is 26.4 Å². The molecule has 1 aliphatic rings. The maximum Gasteiger partial charge on any atom is 0.123 e. The number of unbranched alkanes of at least 4 members (excludes halogenated alkanes) is 1. The van der Waals surface area contributed by atoms with Crippen LogP contribution in [0.15, 0.2) is 24.3 Å². The van der Waals surface area contributed by atoms with E-state index >= 15 is 0 Å². The molecule has 3 nitrogen and oxygen atoms in total. The minimum absolute atomic E-state index is 0.133. The minimum Gasteiger partial charge on any atom is -0.493 e. The maximum atomic E-state index is 6.02. The highest BCUT2D eigenvalue weighted by atomic mass is 16.5. The number of hydrogen-bond donors (Lipinski definition) is 1. The summed E-state index contributed by atoms with van der Waals surface area (Å²) in [6, 6.07) is 8.42. The van der Waals surface area contributed by atoms with Crippen molar-refractivity contribution in [3.63, 3.8) is 0 Å². The number of hydrogen-bond acceptors (Lipinski definition) is 2. The van der Waals surface area contributed by atoms with Crippen LogP contribution in [0.4, 0.5) is 0 Å². The summed E-state index contributed by atoms with van der Waals surface area (Å²) in [7, 11) is 0. The largest absolute Gasteiger partial charge is 0.493 e. The van der Waals surface area contributed by atoms with Crippen LogP contribution in [0.5, 0.6) is 5.75 Å². The molecule has 0 aliphatic carbocycles. The molecule has 1 aromatic rings. The highest BCUT2D eigenvalue weighted by Crippen LogP contribution is 2.30. The van der Waals surface area contributed by atoms with E-state index in [0.717, 1.165) is 45.1 Å². The molecule has 0 atom stereocenters. The van der Waals surface area contributed by atoms with Gasteiger partial charge in [-0.05, 0) is 29.9 Å². The van der Waals surface area contributed by atoms with Crippen LogP contribution in [0.3, 0.4) is 0 Å². The summed E-state index contributed by atoms with van der Waals surface area (Å²) in [6.45, 7) is 12.9. The SMILES string of the molecule is CC(C)(C)c1ccccc1OCCCC[NH+]1CCOCC1. The zero-order chi connectivity index (χ0) is 15.1. The lowest BCUT2D eigenvalue weighted by atomic mass is 9.86. The molecule has 0 aromatic heterocycles. The van der Waals surface area contributed by atoms with Crippen molar-refractivity contribution in [1.29, 1.82) is 0 Å². The van der Waals surface area contributed by atoms with Gasteiger partial charge in [-0.2, -0.15) is 0 Å². The van der Waals surface area contributed by atoms with E-state index in [1.54, 1.807) is 4.90 Å². The Bertz CT molecular complexity index is 419. The zero-order valence-electron chi connectivity index (χ0n) is 13.8. The van der Waals surface area contributed by atoms with Crippen molar-refractivity contribution < 1.29 is 14.4 Å². The molecular formula is C18H30NO2+. The van der Waals surface area contributed by atoms with E-state index < -0.39 is 0 Å². The summed E-state index contributed by atoms with van der Waals surface area (Å²) < 4.78 is 11.4. The predicted octanol–water partition coefficient (Wildman–Crippen LogP) is 2.06. The number of para-hydroxylation sites is 1. The quantitative estimate of drug-likeness (QED) is 0.811. The van der Waals surface area contributed by atoms with Crippen molar-refractivity contribution in [2.45, 2.75) is 39.0 Å². The average molecular weight is 292 g/mol. The fourth-order valence-corrected chi connectivity index (χ4v) is 2.78. The Labute approximate surface area is 129 Å². The van der Waals surface area contributed by atoms with Crippen molar-refractivity contribution >= 4 is 0 Å². The smallest absolute Gasteiger partial charge is 0.123 e. The lowest BCUT2D eigenvalue weighted by molar-refractivity contribution is -0.908. The van der Waals surface area contributed by atoms with Gasteiger partial charge < -0.3 is 14.4 Å². The summed E-state index contributed by atoms with van der Waals surface area (Å²) in [6.07, 6.45) is 2.36. The third-order valence-corrected chi connectivity index (χ3v) is 4.08. The average Bonchev–Trinajstić information content (AvgIpc) is 2.47. The third kappa shape index (κ3) is 5.33. The Morgan fingerprint density at radius 1 is 1.10 bits per heavy atom. The highest BCUT2D eigenvalue weighted by molar-refractivity contribution is 5.38. The molecule has 1 heterocycles. The number of nitrogens with one attached hydrogen (secondary N) is 1. The molecule has 1 saturated heterocycles. The van der Waals surface area contributed by atoms with E-state index in [0.29, 0.717) is 0 Å². The minimum atomic E-state index is 0.133. The Hall–Kier alpha value is -1.06. The molecule has 21 heavy (non-hydrogen) atoms. The summed E-state index contributed by atoms with van der Waals surface area (Å²) in [5.74, 6) is 1.05. The lowest BCUT2D eigenvalue weighted by Gasteiger charge is -2.24. The first kappa shape index (κ1) is 16.3. The van der Waals surface area contributed by atoms with Gasteiger partial charge in [-0.1, -0.05) is 39.0 Å². The molecular weight excluding hydrogens is 262 g/mol. The van der Waals surface area contributed by atoms with Gasteiger partial charge in [-0.3, -0.25) is 0 Å². The van der Waals surface area contributed by atoms with Gasteiger partial charge in [-0.25, -0.2) is 0 Å². The van der Waals surface area contributed by atoms with E-state index in [2.05, 4.69) is 45.0 Å². The van der Waals surface area contributed by atoms with E-state index in [4.69, 9.17) is 9.47 Å². The van der Waals surface area contributed by atoms with E-state index in [-0.39, 0.29) is 5.41 Å². The Balaban J connectivity index is 1.71. The van der Waals surface area contributed by atoms with E-state index in [1.807, 2.05) is 0 Å². The number of quaternary nitrogens is 1. The molecule has 1 fully saturated rings. The molecule has 0 unspecified atom stereocenters. The summed E-state index contributed by atoms with van der Waals surface area (Å²) in [5, 5.41) is 0. The van der Waals surface area contributed by atoms with Crippen LogP contribution in [0.1, 0.15) is 39.2 Å². The van der Waals surface area contributed by atoms with Gasteiger partial charge in [0.1, 0.15) is 18.8 Å². The molecule has 2 rings (SSSR count). The fraction of sp³-hybridized carbons (Fsp3) is 0.667. The Kier molecular flexibility index (Phi) is 6.07. The lowest BCUT2D eigenvalue weighted by Crippen LogP contribution is -3.14. The second-order valence-electron chi connectivity index (χ2n) is 6.91. The zero-order valence-corrected chi connectivity index (χ0v) is 13.8. The highest BCUT2D eigenvalue weighted by Gasteiger charge is 2.18. The van der Waals surface area contributed by atoms with Crippen LogP contribution in [0, 0.1) is 0 Å². The summed E-state index contributed by atoms with van der Waals surface area (Å²) in [5.41, 5.74) is 1.43. The number of ether oxygens (including phenoxy) is 2. The Morgan fingerprint density at radius 2 is 1.81 bits per heavy atom. The fourth-order valence-electron chi connectivity index (χ4n) is 2.78. The molecule has 0 radical (unpaired) electrons. The van der Waals surface area contributed by atoms with Crippen molar-refractivity contribution in [1.82, 2.24) is 0 Å². The van der Waals surface area contributed by atoms with Crippen LogP contribution in [-0.2, 0) is 10.2 Å². The van der Waals surface area contributed by atoms with Gasteiger partial charge >= 0.3 is 0 Å². The second-order valence-corrected chi connectivity index (χ2v) is 6.91. The number of morpholine rings is 1. The van der Waals surface area contributed by atoms with Crippen molar-refractivity contribution in [3.05, 3.63) is 29.8 Å². The van der Waals surface area contributed by atoms with Crippen molar-refractivity contribution in [3.8, 4) is 5.75 Å². The second kappa shape index (κ2) is 7.81. The van der Waals surface area contributed by atoms with Gasteiger partial charge in [0.2, 0.25) is 0 Å². The molecule has 0 amide bonds. The maximum absolute atomic E-state index is 6.02. The van der Waals surface area contributed by atoms with E-state index in [9.17, 15) is 0 Å². The summed E-state index contributed by atoms with van der Waals surface area (Å²) in [4.78, 5) is 1.68. The normalized spacial score (nSPS) is 16.9. The van der Waals surface area contributed by atoms with Crippen molar-refractivity contribution in [2.24, 2.45) is 0 Å². The van der Waals surface area contributed by atoms with Crippen LogP contribution in [0.2, 0.25) is 0 Å². The molecule has 1 N–H and O–H groups in total. The molecule has 1 aliphatic heterocycles. The molecule has 0 bridgehead atoms. The molecule has 118 valence electrons. The number of benzene rings is 1. The first-order valence-corrected chi connectivity index (χ1v) is 8.21. The van der Waals surface area contributed by atoms with Gasteiger partial charge in [0.25, 0.3) is 0 Å². The van der Waals surface area contributed by atoms with Crippen LogP contribution >= 0.6 is 0 Å². The molecule has 0 spiro atoms. The van der Waals surface area contributed by atoms with Crippen LogP contribution in [-0.4, -0.2) is 39.5 Å². The van der Waals surface area contributed by atoms with Gasteiger partial charge in [-0.15, -0.1) is 0 Å². The number of rotatable bonds is 6. The first-order valence-electron chi connectivity index (χ1n) is 8.21. The van der Waals surface area contributed by atoms with E-state index in [1.165, 1.54) is 18.5 Å². The van der Waals surface area contributed by atoms with Crippen LogP contribution < -0.4 is 9.64 Å². The van der Waals surface area contributed by atoms with Gasteiger partial charge in [0.15, 0.2) is 0 Å². The van der Waals surface area contributed by atoms with Gasteiger partial charge in [0, 0.05) is 0 Å². The molecule has 1 aromatic carbocycles. The standard InChI is InChI=1S/C18H29NO2/c1-18(2,3)16-8-4-5-9-17(16)21-13-7-6-10-19-11-14-20-15-12-19/h4-5,8-9H,6-7,10-15H2,1-3H3/p+1. The summed E-state index contributed by atoms with van der Waals surface area (Å²) >= 11 is 0. The Morgan fingerprint density at radius 3 is 2.52 bits per heavy atom. The molecule has 0 saturated carbocycles. The third-order valence-electron chi connectivity index (χ3n) is 4.08. The topological polar surface area (TPSA) is 22.9 Å². The van der Waals surface area contributed by atoms with Crippen molar-refractivity contribution in [2.75, 3.05) is 39.5 Å². The first-order chi connectivity index (χ1) is 10.1.